The van der Waals surface area contributed by atoms with E-state index >= 15 is 4.39 Å². The lowest BCUT2D eigenvalue weighted by molar-refractivity contribution is 0.0898. The molecule has 12 heteroatoms. The van der Waals surface area contributed by atoms with E-state index in [0.29, 0.717) is 76.4 Å². The van der Waals surface area contributed by atoms with Crippen molar-refractivity contribution in [2.45, 2.75) is 105 Å². The van der Waals surface area contributed by atoms with E-state index in [4.69, 9.17) is 4.74 Å². The Hall–Kier alpha value is -5.65. The summed E-state index contributed by atoms with van der Waals surface area (Å²) in [5, 5.41) is 11.9. The largest absolute Gasteiger partial charge is 0.493 e. The van der Waals surface area contributed by atoms with Crippen LogP contribution >= 0.6 is 0 Å². The van der Waals surface area contributed by atoms with Crippen molar-refractivity contribution in [1.29, 1.82) is 0 Å². The number of aromatic nitrogens is 1. The van der Waals surface area contributed by atoms with Gasteiger partial charge in [0.2, 0.25) is 0 Å². The molecule has 1 heterocycles. The summed E-state index contributed by atoms with van der Waals surface area (Å²) in [5.41, 5.74) is 3.08. The normalized spacial score (nSPS) is 16.2. The second-order valence-corrected chi connectivity index (χ2v) is 17.9. The Morgan fingerprint density at radius 3 is 1.98 bits per heavy atom. The molecule has 1 aromatic heterocycles. The molecule has 2 fully saturated rings. The smallest absolute Gasteiger partial charge is 0.253 e. The van der Waals surface area contributed by atoms with Gasteiger partial charge < -0.3 is 26.0 Å². The van der Waals surface area contributed by atoms with E-state index < -0.39 is 23.1 Å². The van der Waals surface area contributed by atoms with E-state index in [0.717, 1.165) is 19.3 Å². The Labute approximate surface area is 345 Å². The average Bonchev–Trinajstić information content (AvgIpc) is 4.13. The first-order chi connectivity index (χ1) is 27.8. The maximum Gasteiger partial charge on any atom is 0.253 e. The van der Waals surface area contributed by atoms with Gasteiger partial charge in [0.1, 0.15) is 17.4 Å². The molecule has 0 bridgehead atoms. The van der Waals surface area contributed by atoms with Crippen LogP contribution in [0, 0.1) is 36.8 Å². The predicted octanol–water partition coefficient (Wildman–Crippen LogP) is 8.48. The van der Waals surface area contributed by atoms with Crippen LogP contribution < -0.4 is 26.0 Å². The zero-order chi connectivity index (χ0) is 42.8. The Morgan fingerprint density at radius 1 is 0.746 bits per heavy atom. The summed E-state index contributed by atoms with van der Waals surface area (Å²) < 4.78 is 36.4. The molecule has 0 radical (unpaired) electrons. The van der Waals surface area contributed by atoms with Crippen LogP contribution in [0.1, 0.15) is 126 Å². The summed E-state index contributed by atoms with van der Waals surface area (Å²) in [4.78, 5) is 56.9. The molecule has 2 saturated carbocycles. The summed E-state index contributed by atoms with van der Waals surface area (Å²) in [6.07, 6.45) is 5.27. The van der Waals surface area contributed by atoms with Crippen LogP contribution in [0.5, 0.6) is 5.75 Å². The van der Waals surface area contributed by atoms with E-state index in [2.05, 4.69) is 26.3 Å². The van der Waals surface area contributed by atoms with Gasteiger partial charge in [0.25, 0.3) is 23.6 Å². The Kier molecular flexibility index (Phi) is 12.6. The predicted molar refractivity (Wildman–Crippen MR) is 225 cm³/mol. The van der Waals surface area contributed by atoms with E-state index in [1.807, 2.05) is 41.5 Å². The lowest BCUT2D eigenvalue weighted by Gasteiger charge is -2.26. The molecule has 59 heavy (non-hydrogen) atoms. The van der Waals surface area contributed by atoms with Gasteiger partial charge in [-0.1, -0.05) is 27.7 Å². The lowest BCUT2D eigenvalue weighted by atomic mass is 9.94. The molecular weight excluding hydrogens is 753 g/mol. The van der Waals surface area contributed by atoms with Crippen molar-refractivity contribution in [2.75, 3.05) is 13.2 Å². The van der Waals surface area contributed by atoms with E-state index in [1.165, 1.54) is 18.3 Å². The van der Waals surface area contributed by atoms with Gasteiger partial charge >= 0.3 is 0 Å². The number of nitrogens with zero attached hydrogens (tertiary/aromatic N) is 1. The number of ether oxygens (including phenoxy) is 1. The third-order valence-corrected chi connectivity index (χ3v) is 10.7. The fourth-order valence-corrected chi connectivity index (χ4v) is 7.00. The lowest BCUT2D eigenvalue weighted by Crippen LogP contribution is -2.44. The number of benzene rings is 3. The fourth-order valence-electron chi connectivity index (χ4n) is 7.00. The molecule has 6 rings (SSSR count). The van der Waals surface area contributed by atoms with Gasteiger partial charge in [-0.2, -0.15) is 0 Å². The molecule has 0 saturated heterocycles. The highest BCUT2D eigenvalue weighted by molar-refractivity contribution is 5.99. The Balaban J connectivity index is 1.08. The van der Waals surface area contributed by atoms with Crippen LogP contribution in [0.25, 0.3) is 22.4 Å². The molecule has 312 valence electrons. The maximum absolute atomic E-state index is 15.5. The summed E-state index contributed by atoms with van der Waals surface area (Å²) in [5.74, 6) is -1.84. The number of pyridine rings is 1. The number of hydrogen-bond acceptors (Lipinski definition) is 6. The van der Waals surface area contributed by atoms with Gasteiger partial charge in [-0.15, -0.1) is 0 Å². The minimum absolute atomic E-state index is 0.0813. The zero-order valence-corrected chi connectivity index (χ0v) is 35.2. The summed E-state index contributed by atoms with van der Waals surface area (Å²) in [6, 6.07) is 14.0. The second kappa shape index (κ2) is 17.3. The number of rotatable bonds is 15. The molecular formula is C47H55F2N5O5. The van der Waals surface area contributed by atoms with Crippen LogP contribution in [0.15, 0.2) is 60.8 Å². The quantitative estimate of drug-likeness (QED) is 0.0951. The molecule has 0 spiro atoms. The van der Waals surface area contributed by atoms with Crippen molar-refractivity contribution in [3.63, 3.8) is 0 Å². The number of hydrogen-bond donors (Lipinski definition) is 4. The van der Waals surface area contributed by atoms with Gasteiger partial charge in [-0.05, 0) is 142 Å². The van der Waals surface area contributed by atoms with Crippen molar-refractivity contribution in [1.82, 2.24) is 26.3 Å². The topological polar surface area (TPSA) is 139 Å². The average molecular weight is 808 g/mol. The molecule has 4 amide bonds. The van der Waals surface area contributed by atoms with Gasteiger partial charge in [0.05, 0.1) is 17.9 Å². The number of amides is 4. The molecule has 2 atom stereocenters. The van der Waals surface area contributed by atoms with Gasteiger partial charge in [-0.25, -0.2) is 8.78 Å². The van der Waals surface area contributed by atoms with Crippen molar-refractivity contribution in [3.05, 3.63) is 106 Å². The number of halogens is 2. The Morgan fingerprint density at radius 2 is 1.37 bits per heavy atom. The first-order valence-electron chi connectivity index (χ1n) is 20.4. The maximum atomic E-state index is 15.5. The summed E-state index contributed by atoms with van der Waals surface area (Å²) in [6.45, 7) is 16.1. The minimum Gasteiger partial charge on any atom is -0.493 e. The molecule has 2 unspecified atom stereocenters. The van der Waals surface area contributed by atoms with Crippen LogP contribution in [0.3, 0.4) is 0 Å². The van der Waals surface area contributed by atoms with Crippen molar-refractivity contribution in [3.8, 4) is 28.1 Å². The number of carbonyl (C=O) groups excluding carboxylic acids is 4. The highest BCUT2D eigenvalue weighted by atomic mass is 19.1. The SMILES string of the molecule is CCCOc1cc(C(=O)NCC(C)(C)C)ccc1-c1cc(C(=O)NC2CC2CC(C)(C)NC(=O)c2ccc(-c3cc(C(=O)NC4CC4)cc(F)c3C)nc2)cc(F)c1C. The van der Waals surface area contributed by atoms with Crippen LogP contribution in [0.2, 0.25) is 0 Å². The van der Waals surface area contributed by atoms with Crippen LogP contribution in [0.4, 0.5) is 8.78 Å². The monoisotopic (exact) mass is 807 g/mol. The number of carbonyl (C=O) groups is 4. The number of nitrogens with one attached hydrogen (secondary N) is 4. The van der Waals surface area contributed by atoms with Gasteiger partial charge in [-0.3, -0.25) is 24.2 Å². The van der Waals surface area contributed by atoms with E-state index in [9.17, 15) is 23.6 Å². The van der Waals surface area contributed by atoms with E-state index in [-0.39, 0.29) is 52.3 Å². The van der Waals surface area contributed by atoms with Gasteiger partial charge in [0, 0.05) is 58.2 Å². The summed E-state index contributed by atoms with van der Waals surface area (Å²) in [7, 11) is 0. The van der Waals surface area contributed by atoms with Gasteiger partial charge in [0.15, 0.2) is 0 Å². The molecule has 2 aliphatic rings. The van der Waals surface area contributed by atoms with E-state index in [1.54, 1.807) is 56.3 Å². The molecule has 2 aliphatic carbocycles. The van der Waals surface area contributed by atoms with Crippen LogP contribution in [-0.2, 0) is 0 Å². The van der Waals surface area contributed by atoms with Crippen LogP contribution in [-0.4, -0.2) is 59.4 Å². The molecule has 10 nitrogen and oxygen atoms in total. The molecule has 4 aromatic rings. The fraction of sp³-hybridized carbons (Fsp3) is 0.426. The first-order valence-corrected chi connectivity index (χ1v) is 20.4. The minimum atomic E-state index is -0.642. The van der Waals surface area contributed by atoms with Crippen molar-refractivity contribution in [2.24, 2.45) is 11.3 Å². The summed E-state index contributed by atoms with van der Waals surface area (Å²) >= 11 is 0. The Bertz CT molecular complexity index is 2260. The third kappa shape index (κ3) is 10.9. The zero-order valence-electron chi connectivity index (χ0n) is 35.2. The molecule has 4 N–H and O–H groups in total. The first kappa shape index (κ1) is 42.9. The van der Waals surface area contributed by atoms with Crippen molar-refractivity contribution >= 4 is 23.6 Å². The highest BCUT2D eigenvalue weighted by Crippen LogP contribution is 2.39. The van der Waals surface area contributed by atoms with Crippen molar-refractivity contribution < 1.29 is 32.7 Å². The molecule has 3 aromatic carbocycles. The highest BCUT2D eigenvalue weighted by Gasteiger charge is 2.42. The molecule has 0 aliphatic heterocycles. The second-order valence-electron chi connectivity index (χ2n) is 17.9. The third-order valence-electron chi connectivity index (χ3n) is 10.7. The standard InChI is InChI=1S/C47H55F2N5O5/c1-9-16-59-41-22-28(42(55)51-25-46(4,5)6)10-14-34(41)35-17-30(19-37(48)26(35)2)44(57)53-40-21-32(40)23-47(7,8)54-45(58)29-11-15-39(50-24-29)36-18-31(20-38(49)27(36)3)43(56)52-33-12-13-33/h10-11,14-15,17-20,22,24,32-33,40H,9,12-13,16,21,23,25H2,1-8H3,(H,51,55)(H,52,56)(H,53,57)(H,54,58).